The summed E-state index contributed by atoms with van der Waals surface area (Å²) in [6.45, 7) is 2.38. The van der Waals surface area contributed by atoms with Gasteiger partial charge in [-0.1, -0.05) is 0 Å². The number of carboxylic acid groups (broad SMARTS) is 1. The molecule has 2 rings (SSSR count). The van der Waals surface area contributed by atoms with E-state index in [0.717, 1.165) is 12.8 Å². The molecule has 6 nitrogen and oxygen atoms in total. The van der Waals surface area contributed by atoms with Crippen molar-refractivity contribution >= 4 is 22.8 Å². The third kappa shape index (κ3) is 3.71. The Bertz CT molecular complexity index is 405. The third-order valence-electron chi connectivity index (χ3n) is 4.20. The SMILES string of the molecule is CC1CC(C(=O)O)CCN1C(=O)NC1CCS(=O)CC1. The molecular weight excluding hydrogens is 280 g/mol. The fourth-order valence-electron chi connectivity index (χ4n) is 2.89. The van der Waals surface area contributed by atoms with Gasteiger partial charge in [0, 0.05) is 40.9 Å². The second-order valence-electron chi connectivity index (χ2n) is 5.67. The minimum absolute atomic E-state index is 0.0532. The lowest BCUT2D eigenvalue weighted by molar-refractivity contribution is -0.143. The second kappa shape index (κ2) is 6.56. The molecule has 7 heteroatoms. The van der Waals surface area contributed by atoms with Gasteiger partial charge in [0.2, 0.25) is 0 Å². The molecule has 0 aromatic heterocycles. The van der Waals surface area contributed by atoms with Crippen LogP contribution >= 0.6 is 0 Å². The predicted octanol–water partition coefficient (Wildman–Crippen LogP) is 0.792. The second-order valence-corrected chi connectivity index (χ2v) is 7.37. The van der Waals surface area contributed by atoms with Gasteiger partial charge in [-0.2, -0.15) is 0 Å². The molecule has 2 N–H and O–H groups in total. The van der Waals surface area contributed by atoms with E-state index in [0.29, 0.717) is 30.9 Å². The van der Waals surface area contributed by atoms with Crippen molar-refractivity contribution < 1.29 is 18.9 Å². The van der Waals surface area contributed by atoms with Gasteiger partial charge in [0.05, 0.1) is 5.92 Å². The zero-order valence-corrected chi connectivity index (χ0v) is 12.5. The number of carbonyl (C=O) groups is 2. The topological polar surface area (TPSA) is 86.7 Å². The lowest BCUT2D eigenvalue weighted by atomic mass is 9.92. The van der Waals surface area contributed by atoms with E-state index in [1.807, 2.05) is 6.92 Å². The Morgan fingerprint density at radius 1 is 1.25 bits per heavy atom. The summed E-state index contributed by atoms with van der Waals surface area (Å²) in [5.74, 6) is 0.196. The molecule has 20 heavy (non-hydrogen) atoms. The fourth-order valence-corrected chi connectivity index (χ4v) is 4.19. The van der Waals surface area contributed by atoms with Crippen LogP contribution in [0.4, 0.5) is 4.79 Å². The predicted molar refractivity (Wildman–Crippen MR) is 76.0 cm³/mol. The molecule has 0 saturated carbocycles. The van der Waals surface area contributed by atoms with Crippen molar-refractivity contribution in [3.63, 3.8) is 0 Å². The molecule has 2 aliphatic rings. The van der Waals surface area contributed by atoms with E-state index in [4.69, 9.17) is 5.11 Å². The maximum atomic E-state index is 12.2. The van der Waals surface area contributed by atoms with Crippen LogP contribution in [-0.4, -0.2) is 56.3 Å². The first-order chi connectivity index (χ1) is 9.47. The number of nitrogens with zero attached hydrogens (tertiary/aromatic N) is 1. The van der Waals surface area contributed by atoms with Crippen molar-refractivity contribution in [3.8, 4) is 0 Å². The largest absolute Gasteiger partial charge is 0.481 e. The average Bonchev–Trinajstić information content (AvgIpc) is 2.41. The van der Waals surface area contributed by atoms with E-state index in [1.165, 1.54) is 0 Å². The third-order valence-corrected chi connectivity index (χ3v) is 5.58. The van der Waals surface area contributed by atoms with Gasteiger partial charge in [-0.05, 0) is 32.6 Å². The summed E-state index contributed by atoms with van der Waals surface area (Å²) in [5.41, 5.74) is 0. The first kappa shape index (κ1) is 15.3. The molecule has 2 heterocycles. The fraction of sp³-hybridized carbons (Fsp3) is 0.846. The number of aliphatic carboxylic acids is 1. The highest BCUT2D eigenvalue weighted by Gasteiger charge is 2.33. The van der Waals surface area contributed by atoms with Crippen LogP contribution in [0.2, 0.25) is 0 Å². The van der Waals surface area contributed by atoms with Crippen LogP contribution < -0.4 is 5.32 Å². The minimum Gasteiger partial charge on any atom is -0.481 e. The van der Waals surface area contributed by atoms with Crippen LogP contribution in [0.1, 0.15) is 32.6 Å². The summed E-state index contributed by atoms with van der Waals surface area (Å²) in [5, 5.41) is 12.0. The Balaban J connectivity index is 1.84. The number of hydrogen-bond donors (Lipinski definition) is 2. The van der Waals surface area contributed by atoms with Crippen molar-refractivity contribution in [1.29, 1.82) is 0 Å². The number of nitrogens with one attached hydrogen (secondary N) is 1. The summed E-state index contributed by atoms with van der Waals surface area (Å²) in [6.07, 6.45) is 2.55. The number of hydrogen-bond acceptors (Lipinski definition) is 3. The molecule has 0 aliphatic carbocycles. The average molecular weight is 302 g/mol. The molecule has 114 valence electrons. The summed E-state index contributed by atoms with van der Waals surface area (Å²) >= 11 is 0. The van der Waals surface area contributed by atoms with Crippen LogP contribution in [0, 0.1) is 5.92 Å². The smallest absolute Gasteiger partial charge is 0.317 e. The highest BCUT2D eigenvalue weighted by Crippen LogP contribution is 2.23. The Morgan fingerprint density at radius 2 is 1.90 bits per heavy atom. The van der Waals surface area contributed by atoms with Crippen LogP contribution in [0.15, 0.2) is 0 Å². The van der Waals surface area contributed by atoms with Crippen LogP contribution in [0.25, 0.3) is 0 Å². The first-order valence-electron chi connectivity index (χ1n) is 7.12. The van der Waals surface area contributed by atoms with Gasteiger partial charge in [-0.3, -0.25) is 9.00 Å². The Hall–Kier alpha value is -1.11. The van der Waals surface area contributed by atoms with Crippen molar-refractivity contribution in [2.75, 3.05) is 18.1 Å². The van der Waals surface area contributed by atoms with Crippen molar-refractivity contribution in [2.45, 2.75) is 44.7 Å². The molecule has 2 atom stereocenters. The van der Waals surface area contributed by atoms with Gasteiger partial charge >= 0.3 is 12.0 Å². The number of likely N-dealkylation sites (tertiary alicyclic amines) is 1. The van der Waals surface area contributed by atoms with Gasteiger partial charge < -0.3 is 15.3 Å². The molecule has 2 amide bonds. The molecule has 0 aromatic rings. The van der Waals surface area contributed by atoms with Gasteiger partial charge in [0.15, 0.2) is 0 Å². The molecule has 2 fully saturated rings. The number of rotatable bonds is 2. The molecule has 0 aromatic carbocycles. The van der Waals surface area contributed by atoms with E-state index < -0.39 is 16.8 Å². The van der Waals surface area contributed by atoms with Gasteiger partial charge in [-0.15, -0.1) is 0 Å². The van der Waals surface area contributed by atoms with Crippen LogP contribution in [0.5, 0.6) is 0 Å². The zero-order valence-electron chi connectivity index (χ0n) is 11.7. The maximum absolute atomic E-state index is 12.2. The van der Waals surface area contributed by atoms with Gasteiger partial charge in [0.25, 0.3) is 0 Å². The van der Waals surface area contributed by atoms with Gasteiger partial charge in [0.1, 0.15) is 0 Å². The van der Waals surface area contributed by atoms with Gasteiger partial charge in [-0.25, -0.2) is 4.79 Å². The van der Waals surface area contributed by atoms with E-state index in [-0.39, 0.29) is 24.0 Å². The van der Waals surface area contributed by atoms with Crippen molar-refractivity contribution in [1.82, 2.24) is 10.2 Å². The summed E-state index contributed by atoms with van der Waals surface area (Å²) in [7, 11) is -0.728. The van der Waals surface area contributed by atoms with E-state index in [1.54, 1.807) is 4.90 Å². The summed E-state index contributed by atoms with van der Waals surface area (Å²) in [4.78, 5) is 24.9. The standard InChI is InChI=1S/C13H22N2O4S/c1-9-8-10(12(16)17)2-5-15(9)13(18)14-11-3-6-20(19)7-4-11/h9-11H,2-8H2,1H3,(H,14,18)(H,16,17). The molecule has 0 bridgehead atoms. The summed E-state index contributed by atoms with van der Waals surface area (Å²) in [6, 6.07) is -0.0637. The van der Waals surface area contributed by atoms with E-state index in [2.05, 4.69) is 5.32 Å². The van der Waals surface area contributed by atoms with Crippen LogP contribution in [0.3, 0.4) is 0 Å². The molecular formula is C13H22N2O4S. The van der Waals surface area contributed by atoms with E-state index in [9.17, 15) is 13.8 Å². The van der Waals surface area contributed by atoms with E-state index >= 15 is 0 Å². The normalized spacial score (nSPS) is 34.5. The zero-order chi connectivity index (χ0) is 14.7. The lowest BCUT2D eigenvalue weighted by Crippen LogP contribution is -2.53. The molecule has 2 unspecified atom stereocenters. The van der Waals surface area contributed by atoms with Crippen molar-refractivity contribution in [3.05, 3.63) is 0 Å². The highest BCUT2D eigenvalue weighted by molar-refractivity contribution is 7.85. The number of carboxylic acids is 1. The number of urea groups is 1. The monoisotopic (exact) mass is 302 g/mol. The highest BCUT2D eigenvalue weighted by atomic mass is 32.2. The Morgan fingerprint density at radius 3 is 2.45 bits per heavy atom. The number of carbonyl (C=O) groups excluding carboxylic acids is 1. The molecule has 0 spiro atoms. The lowest BCUT2D eigenvalue weighted by Gasteiger charge is -2.37. The maximum Gasteiger partial charge on any atom is 0.317 e. The first-order valence-corrected chi connectivity index (χ1v) is 8.61. The Labute approximate surface area is 121 Å². The molecule has 2 saturated heterocycles. The molecule has 2 aliphatic heterocycles. The minimum atomic E-state index is -0.772. The van der Waals surface area contributed by atoms with Crippen molar-refractivity contribution in [2.24, 2.45) is 5.92 Å². The number of amides is 2. The van der Waals surface area contributed by atoms with Crippen LogP contribution in [-0.2, 0) is 15.6 Å². The molecule has 0 radical (unpaired) electrons. The number of piperidine rings is 1. The quantitative estimate of drug-likeness (QED) is 0.789. The Kier molecular flexibility index (Phi) is 5.01. The summed E-state index contributed by atoms with van der Waals surface area (Å²) < 4.78 is 11.3.